The molecule has 1 saturated heterocycles. The van der Waals surface area contributed by atoms with Gasteiger partial charge in [0.25, 0.3) is 0 Å². The van der Waals surface area contributed by atoms with E-state index in [0.29, 0.717) is 0 Å². The number of alkyl carbamates (subject to hydrolysis) is 1. The first-order chi connectivity index (χ1) is 10.0. The molecule has 2 amide bonds. The average molecular weight is 296 g/mol. The number of likely N-dealkylation sites (tertiary alicyclic amines) is 1. The highest BCUT2D eigenvalue weighted by Crippen LogP contribution is 2.24. The lowest BCUT2D eigenvalue weighted by atomic mass is 10.1. The zero-order valence-corrected chi connectivity index (χ0v) is 12.9. The summed E-state index contributed by atoms with van der Waals surface area (Å²) in [7, 11) is 3.34. The predicted molar refractivity (Wildman–Crippen MR) is 78.2 cm³/mol. The Bertz CT molecular complexity index is 438. The van der Waals surface area contributed by atoms with Crippen LogP contribution in [0.5, 0.6) is 0 Å². The molecule has 2 aliphatic rings. The van der Waals surface area contributed by atoms with Crippen LogP contribution >= 0.6 is 0 Å². The van der Waals surface area contributed by atoms with Crippen molar-refractivity contribution in [2.45, 2.75) is 38.4 Å². The van der Waals surface area contributed by atoms with Crippen molar-refractivity contribution in [2.24, 2.45) is 0 Å². The van der Waals surface area contributed by atoms with Gasteiger partial charge in [-0.15, -0.1) is 0 Å². The quantitative estimate of drug-likeness (QED) is 0.788. The number of hydrogen-bond acceptors (Lipinski definition) is 5. The van der Waals surface area contributed by atoms with Gasteiger partial charge in [-0.25, -0.2) is 4.79 Å². The number of nitrogens with one attached hydrogen (secondary N) is 2. The third-order valence-electron chi connectivity index (χ3n) is 4.27. The van der Waals surface area contributed by atoms with E-state index in [2.05, 4.69) is 34.2 Å². The summed E-state index contributed by atoms with van der Waals surface area (Å²) < 4.78 is 4.48. The SMILES string of the molecule is COC(=O)NCC(=O)N1CCCC1CC1NC=C(C)N1C. The maximum atomic E-state index is 12.2. The second-order valence-electron chi connectivity index (χ2n) is 5.54. The smallest absolute Gasteiger partial charge is 0.407 e. The van der Waals surface area contributed by atoms with Gasteiger partial charge in [0.15, 0.2) is 0 Å². The molecule has 118 valence electrons. The Morgan fingerprint density at radius 1 is 1.52 bits per heavy atom. The fourth-order valence-corrected chi connectivity index (χ4v) is 2.89. The Morgan fingerprint density at radius 3 is 2.90 bits per heavy atom. The standard InChI is InChI=1S/C14H24N4O3/c1-10-8-15-12(17(10)2)7-11-5-4-6-18(11)13(19)9-16-14(20)21-3/h8,11-12,15H,4-7,9H2,1-3H3,(H,16,20). The molecule has 2 N–H and O–H groups in total. The van der Waals surface area contributed by atoms with Crippen LogP contribution in [0.2, 0.25) is 0 Å². The summed E-state index contributed by atoms with van der Waals surface area (Å²) in [4.78, 5) is 27.3. The van der Waals surface area contributed by atoms with Gasteiger partial charge < -0.3 is 25.2 Å². The number of nitrogens with zero attached hydrogens (tertiary/aromatic N) is 2. The molecule has 2 aliphatic heterocycles. The second kappa shape index (κ2) is 6.69. The predicted octanol–water partition coefficient (Wildman–Crippen LogP) is 0.446. The molecule has 0 aromatic rings. The first-order valence-corrected chi connectivity index (χ1v) is 7.30. The first-order valence-electron chi connectivity index (χ1n) is 7.30. The van der Waals surface area contributed by atoms with Crippen molar-refractivity contribution in [2.75, 3.05) is 27.2 Å². The number of amides is 2. The number of ether oxygens (including phenoxy) is 1. The third kappa shape index (κ3) is 3.59. The van der Waals surface area contributed by atoms with Gasteiger partial charge in [-0.2, -0.15) is 0 Å². The molecule has 0 saturated carbocycles. The summed E-state index contributed by atoms with van der Waals surface area (Å²) in [6, 6.07) is 0.219. The summed E-state index contributed by atoms with van der Waals surface area (Å²) in [5.41, 5.74) is 1.20. The molecular weight excluding hydrogens is 272 g/mol. The van der Waals surface area contributed by atoms with Crippen LogP contribution < -0.4 is 10.6 Å². The minimum Gasteiger partial charge on any atom is -0.453 e. The molecule has 2 rings (SSSR count). The zero-order valence-electron chi connectivity index (χ0n) is 12.9. The van der Waals surface area contributed by atoms with E-state index in [0.717, 1.165) is 25.8 Å². The first kappa shape index (κ1) is 15.5. The molecule has 7 nitrogen and oxygen atoms in total. The van der Waals surface area contributed by atoms with Crippen molar-refractivity contribution in [3.05, 3.63) is 11.9 Å². The molecule has 2 unspecified atom stereocenters. The highest BCUT2D eigenvalue weighted by molar-refractivity contribution is 5.82. The monoisotopic (exact) mass is 296 g/mol. The molecule has 1 fully saturated rings. The van der Waals surface area contributed by atoms with E-state index in [4.69, 9.17) is 0 Å². The highest BCUT2D eigenvalue weighted by Gasteiger charge is 2.32. The molecule has 0 bridgehead atoms. The molecule has 0 spiro atoms. The van der Waals surface area contributed by atoms with Gasteiger partial charge in [-0.3, -0.25) is 4.79 Å². The zero-order chi connectivity index (χ0) is 15.4. The summed E-state index contributed by atoms with van der Waals surface area (Å²) >= 11 is 0. The Hall–Kier alpha value is -1.92. The van der Waals surface area contributed by atoms with E-state index in [-0.39, 0.29) is 24.7 Å². The maximum Gasteiger partial charge on any atom is 0.407 e. The fourth-order valence-electron chi connectivity index (χ4n) is 2.89. The fraction of sp³-hybridized carbons (Fsp3) is 0.714. The summed E-state index contributed by atoms with van der Waals surface area (Å²) in [6.07, 6.45) is 4.57. The molecule has 21 heavy (non-hydrogen) atoms. The normalized spacial score (nSPS) is 24.6. The molecule has 7 heteroatoms. The van der Waals surface area contributed by atoms with Gasteiger partial charge in [0.2, 0.25) is 5.91 Å². The largest absolute Gasteiger partial charge is 0.453 e. The second-order valence-corrected chi connectivity index (χ2v) is 5.54. The lowest BCUT2D eigenvalue weighted by Gasteiger charge is -2.31. The van der Waals surface area contributed by atoms with Crippen LogP contribution in [0, 0.1) is 0 Å². The van der Waals surface area contributed by atoms with Gasteiger partial charge in [0, 0.05) is 38.0 Å². The molecular formula is C14H24N4O3. The molecule has 0 radical (unpaired) electrons. The molecule has 0 aromatic carbocycles. The maximum absolute atomic E-state index is 12.2. The van der Waals surface area contributed by atoms with Gasteiger partial charge in [0.05, 0.1) is 13.3 Å². The van der Waals surface area contributed by atoms with Crippen molar-refractivity contribution in [1.82, 2.24) is 20.4 Å². The Kier molecular flexibility index (Phi) is 4.93. The Balaban J connectivity index is 1.85. The van der Waals surface area contributed by atoms with E-state index >= 15 is 0 Å². The lowest BCUT2D eigenvalue weighted by molar-refractivity contribution is -0.131. The average Bonchev–Trinajstić information content (AvgIpc) is 3.06. The van der Waals surface area contributed by atoms with E-state index in [9.17, 15) is 9.59 Å². The van der Waals surface area contributed by atoms with Gasteiger partial charge in [0.1, 0.15) is 6.54 Å². The lowest BCUT2D eigenvalue weighted by Crippen LogP contribution is -2.46. The van der Waals surface area contributed by atoms with Crippen molar-refractivity contribution in [3.63, 3.8) is 0 Å². The number of allylic oxidation sites excluding steroid dienone is 1. The van der Waals surface area contributed by atoms with Crippen LogP contribution in [-0.2, 0) is 9.53 Å². The minimum atomic E-state index is -0.573. The van der Waals surface area contributed by atoms with Crippen molar-refractivity contribution < 1.29 is 14.3 Å². The summed E-state index contributed by atoms with van der Waals surface area (Å²) in [6.45, 7) is 2.81. The molecule has 2 heterocycles. The third-order valence-corrected chi connectivity index (χ3v) is 4.27. The topological polar surface area (TPSA) is 73.9 Å². The van der Waals surface area contributed by atoms with Crippen LogP contribution in [0.4, 0.5) is 4.79 Å². The van der Waals surface area contributed by atoms with E-state index in [1.807, 2.05) is 11.1 Å². The number of carbonyl (C=O) groups excluding carboxylic acids is 2. The van der Waals surface area contributed by atoms with Gasteiger partial charge >= 0.3 is 6.09 Å². The van der Waals surface area contributed by atoms with Crippen LogP contribution in [0.1, 0.15) is 26.2 Å². The Morgan fingerprint density at radius 2 is 2.29 bits per heavy atom. The number of rotatable bonds is 4. The number of hydrogen-bond donors (Lipinski definition) is 2. The molecule has 2 atom stereocenters. The van der Waals surface area contributed by atoms with Gasteiger partial charge in [-0.1, -0.05) is 0 Å². The van der Waals surface area contributed by atoms with E-state index < -0.39 is 6.09 Å². The van der Waals surface area contributed by atoms with E-state index in [1.54, 1.807) is 0 Å². The van der Waals surface area contributed by atoms with Crippen LogP contribution in [-0.4, -0.2) is 61.3 Å². The minimum absolute atomic E-state index is 0.00557. The number of methoxy groups -OCH3 is 1. The molecule has 0 aromatic heterocycles. The highest BCUT2D eigenvalue weighted by atomic mass is 16.5. The summed E-state index contributed by atoms with van der Waals surface area (Å²) in [5.74, 6) is -0.0479. The van der Waals surface area contributed by atoms with Gasteiger partial charge in [-0.05, 0) is 19.8 Å². The van der Waals surface area contributed by atoms with Crippen molar-refractivity contribution >= 4 is 12.0 Å². The van der Waals surface area contributed by atoms with Crippen LogP contribution in [0.25, 0.3) is 0 Å². The van der Waals surface area contributed by atoms with Crippen molar-refractivity contribution in [3.8, 4) is 0 Å². The summed E-state index contributed by atoms with van der Waals surface area (Å²) in [5, 5.41) is 5.79. The van der Waals surface area contributed by atoms with Crippen LogP contribution in [0.3, 0.4) is 0 Å². The van der Waals surface area contributed by atoms with E-state index in [1.165, 1.54) is 12.8 Å². The van der Waals surface area contributed by atoms with Crippen molar-refractivity contribution in [1.29, 1.82) is 0 Å². The Labute approximate surface area is 125 Å². The molecule has 0 aliphatic carbocycles. The van der Waals surface area contributed by atoms with Crippen LogP contribution in [0.15, 0.2) is 11.9 Å². The number of carbonyl (C=O) groups is 2.